The van der Waals surface area contributed by atoms with E-state index in [0.29, 0.717) is 19.6 Å². The Kier molecular flexibility index (Phi) is 4.83. The quantitative estimate of drug-likeness (QED) is 0.440. The van der Waals surface area contributed by atoms with Crippen LogP contribution in [0.4, 0.5) is 5.82 Å². The van der Waals surface area contributed by atoms with Crippen molar-refractivity contribution < 1.29 is 19.1 Å². The van der Waals surface area contributed by atoms with Gasteiger partial charge in [0.15, 0.2) is 0 Å². The van der Waals surface area contributed by atoms with Gasteiger partial charge in [-0.15, -0.1) is 0 Å². The molecule has 0 spiro atoms. The van der Waals surface area contributed by atoms with Crippen molar-refractivity contribution in [1.29, 1.82) is 0 Å². The molecule has 0 radical (unpaired) electrons. The first kappa shape index (κ1) is 14.6. The van der Waals surface area contributed by atoms with Crippen molar-refractivity contribution >= 4 is 5.82 Å². The lowest BCUT2D eigenvalue weighted by molar-refractivity contribution is -0.391. The van der Waals surface area contributed by atoms with Gasteiger partial charge in [-0.1, -0.05) is 0 Å². The molecule has 0 aliphatic heterocycles. The van der Waals surface area contributed by atoms with Crippen molar-refractivity contribution in [2.45, 2.75) is 24.7 Å². The number of rotatable bonds is 7. The Labute approximate surface area is 116 Å². The highest BCUT2D eigenvalue weighted by atomic mass is 16.6. The molecule has 8 heteroatoms. The summed E-state index contributed by atoms with van der Waals surface area (Å²) in [6.07, 6.45) is 1.35. The topological polar surface area (TPSA) is 110 Å². The van der Waals surface area contributed by atoms with E-state index in [4.69, 9.17) is 19.9 Å². The van der Waals surface area contributed by atoms with Crippen LogP contribution in [-0.4, -0.2) is 48.5 Å². The molecule has 3 atom stereocenters. The largest absolute Gasteiger partial charge is 0.479 e. The van der Waals surface area contributed by atoms with Gasteiger partial charge in [-0.2, -0.15) is 0 Å². The van der Waals surface area contributed by atoms with Crippen molar-refractivity contribution in [2.24, 2.45) is 5.73 Å². The lowest BCUT2D eigenvalue weighted by atomic mass is 9.86. The summed E-state index contributed by atoms with van der Waals surface area (Å²) in [6.45, 7) is 0.868. The normalized spacial score (nSPS) is 25.0. The number of nitro groups is 1. The average Bonchev–Trinajstić information content (AvgIpc) is 2.43. The summed E-state index contributed by atoms with van der Waals surface area (Å²) >= 11 is 0. The monoisotopic (exact) mass is 283 g/mol. The molecular formula is C12H17N3O5. The number of methoxy groups -OCH3 is 1. The van der Waals surface area contributed by atoms with Crippen LogP contribution in [0.25, 0.3) is 0 Å². The molecule has 20 heavy (non-hydrogen) atoms. The number of hydrogen-bond acceptors (Lipinski definition) is 7. The number of nitrogens with zero attached hydrogens (tertiary/aromatic N) is 2. The Bertz CT molecular complexity index is 470. The predicted octanol–water partition coefficient (Wildman–Crippen LogP) is 0.500. The standard InChI is InChI=1S/C12H17N3O5/c1-18-5-6-19-11-8(13)7-10(11)20-9-3-2-4-14-12(9)15(16)17/h2-4,8,10-11H,5-7,13H2,1H3. The molecule has 1 aliphatic carbocycles. The minimum absolute atomic E-state index is 0.132. The van der Waals surface area contributed by atoms with E-state index in [1.807, 2.05) is 0 Å². The lowest BCUT2D eigenvalue weighted by Gasteiger charge is -2.41. The fraction of sp³-hybridized carbons (Fsp3) is 0.583. The molecule has 2 rings (SSSR count). The van der Waals surface area contributed by atoms with E-state index >= 15 is 0 Å². The molecule has 1 aromatic rings. The maximum atomic E-state index is 10.9. The Morgan fingerprint density at radius 1 is 1.55 bits per heavy atom. The summed E-state index contributed by atoms with van der Waals surface area (Å²) < 4.78 is 16.1. The molecule has 110 valence electrons. The molecule has 1 saturated carbocycles. The highest BCUT2D eigenvalue weighted by Crippen LogP contribution is 2.31. The fourth-order valence-corrected chi connectivity index (χ4v) is 2.00. The molecule has 0 aromatic carbocycles. The molecule has 0 amide bonds. The van der Waals surface area contributed by atoms with E-state index in [1.165, 1.54) is 12.3 Å². The SMILES string of the molecule is COCCOC1C(N)CC1Oc1cccnc1[N+](=O)[O-]. The van der Waals surface area contributed by atoms with Gasteiger partial charge < -0.3 is 30.1 Å². The van der Waals surface area contributed by atoms with Crippen molar-refractivity contribution in [3.63, 3.8) is 0 Å². The summed E-state index contributed by atoms with van der Waals surface area (Å²) in [5.41, 5.74) is 5.85. The van der Waals surface area contributed by atoms with E-state index < -0.39 is 4.92 Å². The average molecular weight is 283 g/mol. The van der Waals surface area contributed by atoms with Gasteiger partial charge in [0.25, 0.3) is 0 Å². The summed E-state index contributed by atoms with van der Waals surface area (Å²) in [5.74, 6) is -0.168. The minimum Gasteiger partial charge on any atom is -0.479 e. The van der Waals surface area contributed by atoms with Crippen LogP contribution >= 0.6 is 0 Å². The summed E-state index contributed by atoms with van der Waals surface area (Å²) in [7, 11) is 1.58. The van der Waals surface area contributed by atoms with E-state index in [9.17, 15) is 10.1 Å². The molecule has 2 N–H and O–H groups in total. The Morgan fingerprint density at radius 2 is 2.35 bits per heavy atom. The zero-order valence-electron chi connectivity index (χ0n) is 11.1. The van der Waals surface area contributed by atoms with Crippen molar-refractivity contribution in [3.8, 4) is 5.75 Å². The Morgan fingerprint density at radius 3 is 3.00 bits per heavy atom. The summed E-state index contributed by atoms with van der Waals surface area (Å²) in [6, 6.07) is 2.97. The van der Waals surface area contributed by atoms with Crippen LogP contribution in [-0.2, 0) is 9.47 Å². The molecule has 0 bridgehead atoms. The first-order valence-corrected chi connectivity index (χ1v) is 6.25. The number of pyridine rings is 1. The zero-order chi connectivity index (χ0) is 14.5. The second-order valence-corrected chi connectivity index (χ2v) is 4.47. The van der Waals surface area contributed by atoms with Crippen molar-refractivity contribution in [2.75, 3.05) is 20.3 Å². The summed E-state index contributed by atoms with van der Waals surface area (Å²) in [4.78, 5) is 14.0. The van der Waals surface area contributed by atoms with E-state index in [1.54, 1.807) is 13.2 Å². The molecule has 1 aromatic heterocycles. The van der Waals surface area contributed by atoms with Crippen LogP contribution in [0.15, 0.2) is 18.3 Å². The third-order valence-corrected chi connectivity index (χ3v) is 3.09. The molecule has 1 aliphatic rings. The van der Waals surface area contributed by atoms with Crippen LogP contribution in [0.2, 0.25) is 0 Å². The highest BCUT2D eigenvalue weighted by molar-refractivity contribution is 5.39. The van der Waals surface area contributed by atoms with Gasteiger partial charge in [-0.3, -0.25) is 0 Å². The fourth-order valence-electron chi connectivity index (χ4n) is 2.00. The van der Waals surface area contributed by atoms with Crippen LogP contribution in [0.5, 0.6) is 5.75 Å². The molecule has 1 heterocycles. The van der Waals surface area contributed by atoms with Crippen LogP contribution < -0.4 is 10.5 Å². The van der Waals surface area contributed by atoms with E-state index in [0.717, 1.165) is 0 Å². The Balaban J connectivity index is 1.98. The van der Waals surface area contributed by atoms with Gasteiger partial charge in [0.2, 0.25) is 5.75 Å². The number of aromatic nitrogens is 1. The molecular weight excluding hydrogens is 266 g/mol. The van der Waals surface area contributed by atoms with Gasteiger partial charge in [0.05, 0.1) is 13.2 Å². The van der Waals surface area contributed by atoms with Crippen LogP contribution in [0.3, 0.4) is 0 Å². The summed E-state index contributed by atoms with van der Waals surface area (Å²) in [5, 5.41) is 10.9. The first-order chi connectivity index (χ1) is 9.63. The molecule has 8 nitrogen and oxygen atoms in total. The lowest BCUT2D eigenvalue weighted by Crippen LogP contribution is -2.59. The number of ether oxygens (including phenoxy) is 3. The second kappa shape index (κ2) is 6.60. The van der Waals surface area contributed by atoms with Crippen LogP contribution in [0, 0.1) is 10.1 Å². The van der Waals surface area contributed by atoms with Gasteiger partial charge >= 0.3 is 5.82 Å². The van der Waals surface area contributed by atoms with Crippen LogP contribution in [0.1, 0.15) is 6.42 Å². The third-order valence-electron chi connectivity index (χ3n) is 3.09. The zero-order valence-corrected chi connectivity index (χ0v) is 11.1. The molecule has 1 fully saturated rings. The highest BCUT2D eigenvalue weighted by Gasteiger charge is 2.42. The Hall–Kier alpha value is -1.77. The van der Waals surface area contributed by atoms with Crippen molar-refractivity contribution in [1.82, 2.24) is 4.98 Å². The van der Waals surface area contributed by atoms with E-state index in [-0.39, 0.29) is 29.8 Å². The first-order valence-electron chi connectivity index (χ1n) is 6.25. The van der Waals surface area contributed by atoms with Gasteiger partial charge in [0.1, 0.15) is 18.4 Å². The van der Waals surface area contributed by atoms with Gasteiger partial charge in [-0.05, 0) is 22.0 Å². The van der Waals surface area contributed by atoms with Gasteiger partial charge in [0, 0.05) is 19.6 Å². The van der Waals surface area contributed by atoms with Crippen molar-refractivity contribution in [3.05, 3.63) is 28.4 Å². The number of hydrogen-bond donors (Lipinski definition) is 1. The maximum absolute atomic E-state index is 10.9. The van der Waals surface area contributed by atoms with Gasteiger partial charge in [-0.25, -0.2) is 0 Å². The predicted molar refractivity (Wildman–Crippen MR) is 69.5 cm³/mol. The number of nitrogens with two attached hydrogens (primary N) is 1. The molecule has 3 unspecified atom stereocenters. The molecule has 0 saturated heterocycles. The van der Waals surface area contributed by atoms with E-state index in [2.05, 4.69) is 4.98 Å². The minimum atomic E-state index is -0.575. The third kappa shape index (κ3) is 3.21. The second-order valence-electron chi connectivity index (χ2n) is 4.47. The smallest absolute Gasteiger partial charge is 0.406 e. The maximum Gasteiger partial charge on any atom is 0.406 e.